The Morgan fingerprint density at radius 3 is 1.62 bits per heavy atom. The number of nitrogens with zero attached hydrogens (tertiary/aromatic N) is 2. The quantitative estimate of drug-likeness (QED) is 0.147. The van der Waals surface area contributed by atoms with Crippen LogP contribution in [0.4, 0.5) is 11.4 Å². The van der Waals surface area contributed by atoms with Gasteiger partial charge in [-0.25, -0.2) is 0 Å². The molecular weight excluding hydrogens is 595 g/mol. The molecule has 5 heteroatoms. The van der Waals surface area contributed by atoms with Crippen LogP contribution in [0.25, 0.3) is 0 Å². The normalized spacial score (nSPS) is 12.6. The highest BCUT2D eigenvalue weighted by Crippen LogP contribution is 2.57. The van der Waals surface area contributed by atoms with Gasteiger partial charge in [-0.1, -0.05) is 103 Å². The zero-order chi connectivity index (χ0) is 34.9. The van der Waals surface area contributed by atoms with Gasteiger partial charge < -0.3 is 10.2 Å². The number of benzene rings is 4. The molecule has 4 aromatic carbocycles. The summed E-state index contributed by atoms with van der Waals surface area (Å²) in [7, 11) is -2.85. The van der Waals surface area contributed by atoms with Crippen LogP contribution in [0.2, 0.25) is 0 Å². The van der Waals surface area contributed by atoms with E-state index in [1.54, 1.807) is 0 Å². The van der Waals surface area contributed by atoms with Crippen molar-refractivity contribution in [1.82, 2.24) is 0 Å². The first-order chi connectivity index (χ1) is 21.9. The predicted molar refractivity (Wildman–Crippen MR) is 205 cm³/mol. The van der Waals surface area contributed by atoms with Crippen LogP contribution in [0.1, 0.15) is 106 Å². The maximum Gasteiger partial charge on any atom is 0.128 e. The molecule has 0 saturated carbocycles. The number of aromatic hydroxyl groups is 2. The molecule has 0 fully saturated rings. The summed E-state index contributed by atoms with van der Waals surface area (Å²) in [5.41, 5.74) is 9.53. The average Bonchev–Trinajstić information content (AvgIpc) is 2.96. The maximum absolute atomic E-state index is 12.3. The van der Waals surface area contributed by atoms with Crippen molar-refractivity contribution >= 4 is 35.3 Å². The number of hydrogen-bond acceptors (Lipinski definition) is 4. The minimum absolute atomic E-state index is 0.284. The van der Waals surface area contributed by atoms with Crippen LogP contribution in [0.3, 0.4) is 0 Å². The van der Waals surface area contributed by atoms with Gasteiger partial charge in [0.1, 0.15) is 11.5 Å². The van der Waals surface area contributed by atoms with Gasteiger partial charge in [-0.05, 0) is 98.5 Å². The number of hydrogen-bond donors (Lipinski definition) is 2. The van der Waals surface area contributed by atoms with E-state index in [0.29, 0.717) is 6.16 Å². The van der Waals surface area contributed by atoms with Crippen molar-refractivity contribution in [2.45, 2.75) is 107 Å². The largest absolute Gasteiger partial charge is 0.507 e. The molecular formula is C42H55N2O2P. The van der Waals surface area contributed by atoms with Gasteiger partial charge in [-0.2, -0.15) is 0 Å². The van der Waals surface area contributed by atoms with Crippen molar-refractivity contribution in [3.8, 4) is 11.5 Å². The molecule has 0 aliphatic carbocycles. The van der Waals surface area contributed by atoms with Crippen molar-refractivity contribution in [3.05, 3.63) is 105 Å². The summed E-state index contributed by atoms with van der Waals surface area (Å²) in [6.07, 6.45) is 4.49. The summed E-state index contributed by atoms with van der Waals surface area (Å²) in [4.78, 5) is 5.00. The standard InChI is InChI=1S/C42H55N2O2P/c1-13-14-19-47(36-24-28(3)22-33(39(36)45)41(7,8)9,37-25-29(4)23-34(40(37)46)42(10,11)12)44-35-18-16-15-17-32(35)26-43-38-30(5)20-27(2)21-31(38)6/h15-18,20-26,45-46H,13-14,19H2,1-12H3. The van der Waals surface area contributed by atoms with Crippen LogP contribution in [0, 0.1) is 34.6 Å². The Labute approximate surface area is 284 Å². The van der Waals surface area contributed by atoms with Crippen molar-refractivity contribution in [3.63, 3.8) is 0 Å². The summed E-state index contributed by atoms with van der Waals surface area (Å²) in [5.74, 6) is 0.568. The summed E-state index contributed by atoms with van der Waals surface area (Å²) in [6, 6.07) is 20.9. The summed E-state index contributed by atoms with van der Waals surface area (Å²) < 4.78 is 5.79. The third-order valence-corrected chi connectivity index (χ3v) is 12.7. The van der Waals surface area contributed by atoms with Crippen LogP contribution in [-0.2, 0) is 10.8 Å². The molecule has 0 amide bonds. The van der Waals surface area contributed by atoms with E-state index in [1.165, 1.54) is 5.56 Å². The first-order valence-corrected chi connectivity index (χ1v) is 18.8. The summed E-state index contributed by atoms with van der Waals surface area (Å²) in [6.45, 7) is 25.5. The number of phenols is 2. The van der Waals surface area contributed by atoms with Crippen molar-refractivity contribution < 1.29 is 10.2 Å². The van der Waals surface area contributed by atoms with Crippen molar-refractivity contribution in [1.29, 1.82) is 0 Å². The molecule has 250 valence electrons. The molecule has 4 nitrogen and oxygen atoms in total. The van der Waals surface area contributed by atoms with Gasteiger partial charge >= 0.3 is 0 Å². The van der Waals surface area contributed by atoms with Crippen molar-refractivity contribution in [2.75, 3.05) is 6.16 Å². The smallest absolute Gasteiger partial charge is 0.128 e. The molecule has 47 heavy (non-hydrogen) atoms. The molecule has 2 N–H and O–H groups in total. The zero-order valence-electron chi connectivity index (χ0n) is 30.7. The van der Waals surface area contributed by atoms with E-state index in [0.717, 1.165) is 73.8 Å². The molecule has 0 saturated heterocycles. The van der Waals surface area contributed by atoms with Gasteiger partial charge in [-0.15, -0.1) is 0 Å². The lowest BCUT2D eigenvalue weighted by atomic mass is 9.85. The Hall–Kier alpha value is -3.62. The fourth-order valence-corrected chi connectivity index (χ4v) is 10.7. The Morgan fingerprint density at radius 2 is 1.15 bits per heavy atom. The van der Waals surface area contributed by atoms with Crippen molar-refractivity contribution in [2.24, 2.45) is 9.74 Å². The van der Waals surface area contributed by atoms with E-state index in [-0.39, 0.29) is 22.3 Å². The van der Waals surface area contributed by atoms with E-state index in [4.69, 9.17) is 9.74 Å². The number of phenolic OH excluding ortho intramolecular Hbond substituents is 2. The fourth-order valence-electron chi connectivity index (χ4n) is 6.52. The average molecular weight is 651 g/mol. The van der Waals surface area contributed by atoms with Gasteiger partial charge in [0.05, 0.1) is 11.4 Å². The lowest BCUT2D eigenvalue weighted by Crippen LogP contribution is -2.25. The monoisotopic (exact) mass is 650 g/mol. The predicted octanol–water partition coefficient (Wildman–Crippen LogP) is 11.3. The van der Waals surface area contributed by atoms with E-state index in [9.17, 15) is 10.2 Å². The Kier molecular flexibility index (Phi) is 10.7. The number of rotatable bonds is 8. The fraction of sp³-hybridized carbons (Fsp3) is 0.405. The van der Waals surface area contributed by atoms with Crippen LogP contribution in [-0.4, -0.2) is 22.6 Å². The third kappa shape index (κ3) is 7.76. The molecule has 0 spiro atoms. The van der Waals surface area contributed by atoms with Crippen LogP contribution in [0.5, 0.6) is 11.5 Å². The van der Waals surface area contributed by atoms with Gasteiger partial charge in [0.2, 0.25) is 0 Å². The molecule has 4 rings (SSSR count). The lowest BCUT2D eigenvalue weighted by Gasteiger charge is -2.33. The minimum Gasteiger partial charge on any atom is -0.507 e. The Bertz CT molecular complexity index is 1770. The van der Waals surface area contributed by atoms with Crippen LogP contribution in [0.15, 0.2) is 70.4 Å². The van der Waals surface area contributed by atoms with Gasteiger partial charge in [0.15, 0.2) is 0 Å². The molecule has 0 aromatic heterocycles. The zero-order valence-corrected chi connectivity index (χ0v) is 31.6. The maximum atomic E-state index is 12.3. The van der Waals surface area contributed by atoms with Gasteiger partial charge in [-0.3, -0.25) is 9.74 Å². The Morgan fingerprint density at radius 1 is 0.681 bits per heavy atom. The summed E-state index contributed by atoms with van der Waals surface area (Å²) >= 11 is 0. The highest BCUT2D eigenvalue weighted by atomic mass is 31.2. The van der Waals surface area contributed by atoms with Gasteiger partial charge in [0, 0.05) is 40.6 Å². The molecule has 0 unspecified atom stereocenters. The third-order valence-electron chi connectivity index (χ3n) is 8.90. The number of aryl methyl sites for hydroxylation is 5. The lowest BCUT2D eigenvalue weighted by molar-refractivity contribution is 0.450. The topological polar surface area (TPSA) is 65.2 Å². The highest BCUT2D eigenvalue weighted by Gasteiger charge is 2.35. The molecule has 4 aromatic rings. The highest BCUT2D eigenvalue weighted by molar-refractivity contribution is 7.81. The first-order valence-electron chi connectivity index (χ1n) is 16.9. The number of unbranched alkanes of at least 4 members (excludes halogenated alkanes) is 1. The minimum atomic E-state index is -2.85. The van der Waals surface area contributed by atoms with E-state index in [1.807, 2.05) is 24.4 Å². The van der Waals surface area contributed by atoms with Gasteiger partial charge in [0.25, 0.3) is 0 Å². The second-order valence-electron chi connectivity index (χ2n) is 15.4. The second kappa shape index (κ2) is 13.9. The van der Waals surface area contributed by atoms with Crippen LogP contribution >= 0.6 is 7.05 Å². The van der Waals surface area contributed by atoms with E-state index >= 15 is 0 Å². The first kappa shape index (κ1) is 36.2. The summed E-state index contributed by atoms with van der Waals surface area (Å²) in [5, 5.41) is 26.2. The SMILES string of the molecule is CCCCP(=Nc1ccccc1C=Nc1c(C)cc(C)cc1C)(c1cc(C)cc(C(C)(C)C)c1O)c1cc(C)cc(C(C)(C)C)c1O. The molecule has 0 radical (unpaired) electrons. The molecule has 0 atom stereocenters. The molecule has 0 aliphatic heterocycles. The van der Waals surface area contributed by atoms with Crippen LogP contribution < -0.4 is 10.6 Å². The molecule has 0 aliphatic rings. The molecule has 0 bridgehead atoms. The number of aliphatic imine (C=N–C) groups is 1. The second-order valence-corrected chi connectivity index (χ2v) is 18.5. The Balaban J connectivity index is 2.19. The molecule has 0 heterocycles. The van der Waals surface area contributed by atoms with E-state index < -0.39 is 7.05 Å². The van der Waals surface area contributed by atoms with E-state index in [2.05, 4.69) is 126 Å².